The second-order valence-electron chi connectivity index (χ2n) is 8.43. The minimum absolute atomic E-state index is 0.154. The number of carbonyl (C=O) groups is 1. The van der Waals surface area contributed by atoms with E-state index in [1.54, 1.807) is 12.1 Å². The van der Waals surface area contributed by atoms with Gasteiger partial charge in [0.2, 0.25) is 0 Å². The summed E-state index contributed by atoms with van der Waals surface area (Å²) < 4.78 is 15.4. The minimum Gasteiger partial charge on any atom is -0.481 e. The van der Waals surface area contributed by atoms with Crippen molar-refractivity contribution in [1.82, 2.24) is 25.5 Å². The van der Waals surface area contributed by atoms with Gasteiger partial charge in [0.15, 0.2) is 5.82 Å². The van der Waals surface area contributed by atoms with Crippen LogP contribution in [0.4, 0.5) is 4.39 Å². The predicted molar refractivity (Wildman–Crippen MR) is 117 cm³/mol. The molecule has 1 saturated carbocycles. The van der Waals surface area contributed by atoms with Crippen LogP contribution in [0.2, 0.25) is 0 Å². The Morgan fingerprint density at radius 2 is 1.88 bits per heavy atom. The summed E-state index contributed by atoms with van der Waals surface area (Å²) in [6.45, 7) is 2.02. The number of tetrazole rings is 1. The molecule has 2 aromatic carbocycles. The average molecular weight is 438 g/mol. The molecule has 1 aromatic heterocycles. The van der Waals surface area contributed by atoms with Crippen LogP contribution in [0.3, 0.4) is 0 Å². The van der Waals surface area contributed by atoms with E-state index in [0.29, 0.717) is 11.4 Å². The fourth-order valence-corrected chi connectivity index (χ4v) is 4.53. The van der Waals surface area contributed by atoms with Gasteiger partial charge in [0, 0.05) is 6.04 Å². The maximum atomic E-state index is 13.5. The zero-order chi connectivity index (χ0) is 22.5. The highest BCUT2D eigenvalue weighted by atomic mass is 19.1. The lowest BCUT2D eigenvalue weighted by atomic mass is 9.94. The summed E-state index contributed by atoms with van der Waals surface area (Å²) in [5.41, 5.74) is 2.73. The van der Waals surface area contributed by atoms with E-state index in [1.807, 2.05) is 35.9 Å². The van der Waals surface area contributed by atoms with Crippen molar-refractivity contribution in [2.24, 2.45) is 0 Å². The number of halogens is 1. The largest absolute Gasteiger partial charge is 0.481 e. The molecule has 8 heteroatoms. The number of aliphatic carboxylic acids is 1. The van der Waals surface area contributed by atoms with E-state index in [2.05, 4.69) is 20.8 Å². The number of carboxylic acids is 1. The van der Waals surface area contributed by atoms with Crippen molar-refractivity contribution in [3.05, 3.63) is 76.9 Å². The number of nitrogens with zero attached hydrogens (tertiary/aromatic N) is 4. The zero-order valence-corrected chi connectivity index (χ0v) is 18.1. The molecular formula is C24H28FN5O2. The first-order chi connectivity index (χ1) is 15.5. The number of aryl methyl sites for hydroxylation is 1. The molecule has 1 aliphatic carbocycles. The number of rotatable bonds is 8. The van der Waals surface area contributed by atoms with Crippen LogP contribution >= 0.6 is 0 Å². The van der Waals surface area contributed by atoms with Gasteiger partial charge in [-0.2, -0.15) is 0 Å². The normalized spacial score (nSPS) is 16.6. The van der Waals surface area contributed by atoms with Crippen molar-refractivity contribution in [3.63, 3.8) is 0 Å². The fourth-order valence-electron chi connectivity index (χ4n) is 4.53. The third-order valence-corrected chi connectivity index (χ3v) is 6.22. The Bertz CT molecular complexity index is 1050. The van der Waals surface area contributed by atoms with E-state index in [-0.39, 0.29) is 18.3 Å². The summed E-state index contributed by atoms with van der Waals surface area (Å²) in [4.78, 5) is 11.7. The molecule has 7 nitrogen and oxygen atoms in total. The summed E-state index contributed by atoms with van der Waals surface area (Å²) in [6.07, 6.45) is 5.40. The van der Waals surface area contributed by atoms with Gasteiger partial charge in [0.05, 0.1) is 18.5 Å². The van der Waals surface area contributed by atoms with Gasteiger partial charge in [-0.25, -0.2) is 9.07 Å². The first-order valence-electron chi connectivity index (χ1n) is 11.1. The molecule has 0 aliphatic heterocycles. The van der Waals surface area contributed by atoms with Crippen molar-refractivity contribution in [2.75, 3.05) is 0 Å². The highest BCUT2D eigenvalue weighted by Gasteiger charge is 2.30. The number of aromatic nitrogens is 4. The monoisotopic (exact) mass is 437 g/mol. The molecule has 1 fully saturated rings. The first kappa shape index (κ1) is 22.1. The van der Waals surface area contributed by atoms with E-state index >= 15 is 0 Å². The summed E-state index contributed by atoms with van der Waals surface area (Å²) >= 11 is 0. The second-order valence-corrected chi connectivity index (χ2v) is 8.43. The third-order valence-electron chi connectivity index (χ3n) is 6.22. The lowest BCUT2D eigenvalue weighted by molar-refractivity contribution is -0.137. The van der Waals surface area contributed by atoms with E-state index in [4.69, 9.17) is 0 Å². The van der Waals surface area contributed by atoms with Gasteiger partial charge < -0.3 is 5.11 Å². The molecule has 0 bridgehead atoms. The molecule has 0 radical (unpaired) electrons. The Morgan fingerprint density at radius 1 is 1.16 bits per heavy atom. The molecule has 4 rings (SSSR count). The van der Waals surface area contributed by atoms with Crippen molar-refractivity contribution in [3.8, 4) is 0 Å². The van der Waals surface area contributed by atoms with Crippen LogP contribution in [0, 0.1) is 12.7 Å². The highest BCUT2D eigenvalue weighted by molar-refractivity contribution is 5.68. The van der Waals surface area contributed by atoms with E-state index in [0.717, 1.165) is 36.8 Å². The Labute approximate surface area is 186 Å². The molecule has 32 heavy (non-hydrogen) atoms. The topological polar surface area (TPSA) is 92.9 Å². The van der Waals surface area contributed by atoms with Gasteiger partial charge >= 0.3 is 5.97 Å². The fraction of sp³-hybridized carbons (Fsp3) is 0.417. The molecule has 1 heterocycles. The molecule has 0 amide bonds. The molecular weight excluding hydrogens is 409 g/mol. The Kier molecular flexibility index (Phi) is 6.90. The van der Waals surface area contributed by atoms with Gasteiger partial charge in [-0.3, -0.25) is 10.1 Å². The van der Waals surface area contributed by atoms with Crippen LogP contribution in [0.1, 0.15) is 79.2 Å². The Hall–Kier alpha value is -3.13. The van der Waals surface area contributed by atoms with Crippen LogP contribution < -0.4 is 5.32 Å². The standard InChI is InChI=1S/C24H28FN5O2/c1-16-7-5-6-10-20(16)23(24-27-28-29-30(24)19-8-3-2-4-9-19)26-21(15-22(31)32)17-11-13-18(25)14-12-17/h5-7,10-14,19,21,23,26H,2-4,8-9,15H2,1H3,(H,31,32). The minimum atomic E-state index is -0.942. The predicted octanol–water partition coefficient (Wildman–Crippen LogP) is 4.52. The van der Waals surface area contributed by atoms with Gasteiger partial charge in [-0.1, -0.05) is 55.7 Å². The maximum absolute atomic E-state index is 13.5. The molecule has 2 atom stereocenters. The quantitative estimate of drug-likeness (QED) is 0.538. The van der Waals surface area contributed by atoms with Crippen LogP contribution in [-0.4, -0.2) is 31.3 Å². The molecule has 2 N–H and O–H groups in total. The zero-order valence-electron chi connectivity index (χ0n) is 18.1. The molecule has 0 saturated heterocycles. The van der Waals surface area contributed by atoms with Crippen molar-refractivity contribution in [1.29, 1.82) is 0 Å². The number of hydrogen-bond donors (Lipinski definition) is 2. The SMILES string of the molecule is Cc1ccccc1C(NC(CC(=O)O)c1ccc(F)cc1)c1nnnn1C1CCCCC1. The number of benzene rings is 2. The smallest absolute Gasteiger partial charge is 0.305 e. The first-order valence-corrected chi connectivity index (χ1v) is 11.1. The lowest BCUT2D eigenvalue weighted by Gasteiger charge is -2.29. The van der Waals surface area contributed by atoms with E-state index in [1.165, 1.54) is 18.6 Å². The molecule has 2 unspecified atom stereocenters. The second kappa shape index (κ2) is 9.99. The lowest BCUT2D eigenvalue weighted by Crippen LogP contribution is -2.32. The third kappa shape index (κ3) is 5.02. The van der Waals surface area contributed by atoms with Gasteiger partial charge in [0.25, 0.3) is 0 Å². The van der Waals surface area contributed by atoms with Crippen molar-refractivity contribution < 1.29 is 14.3 Å². The summed E-state index contributed by atoms with van der Waals surface area (Å²) in [6, 6.07) is 13.1. The van der Waals surface area contributed by atoms with Crippen molar-refractivity contribution >= 4 is 5.97 Å². The van der Waals surface area contributed by atoms with Crippen LogP contribution in [-0.2, 0) is 4.79 Å². The Morgan fingerprint density at radius 3 is 2.56 bits per heavy atom. The van der Waals surface area contributed by atoms with Crippen LogP contribution in [0.15, 0.2) is 48.5 Å². The van der Waals surface area contributed by atoms with Gasteiger partial charge in [-0.15, -0.1) is 5.10 Å². The summed E-state index contributed by atoms with van der Waals surface area (Å²) in [5, 5.41) is 25.7. The number of hydrogen-bond acceptors (Lipinski definition) is 5. The number of carboxylic acid groups (broad SMARTS) is 1. The Balaban J connectivity index is 1.75. The molecule has 3 aromatic rings. The highest BCUT2D eigenvalue weighted by Crippen LogP contribution is 2.33. The van der Waals surface area contributed by atoms with E-state index < -0.39 is 18.1 Å². The molecule has 0 spiro atoms. The summed E-state index contributed by atoms with van der Waals surface area (Å²) in [7, 11) is 0. The van der Waals surface area contributed by atoms with Gasteiger partial charge in [-0.05, 0) is 59.0 Å². The number of nitrogens with one attached hydrogen (secondary N) is 1. The molecule has 168 valence electrons. The van der Waals surface area contributed by atoms with E-state index in [9.17, 15) is 14.3 Å². The average Bonchev–Trinajstić information content (AvgIpc) is 3.28. The molecule has 1 aliphatic rings. The maximum Gasteiger partial charge on any atom is 0.305 e. The van der Waals surface area contributed by atoms with Gasteiger partial charge in [0.1, 0.15) is 5.82 Å². The van der Waals surface area contributed by atoms with Crippen LogP contribution in [0.5, 0.6) is 0 Å². The van der Waals surface area contributed by atoms with Crippen LogP contribution in [0.25, 0.3) is 0 Å². The summed E-state index contributed by atoms with van der Waals surface area (Å²) in [5.74, 6) is -0.634. The van der Waals surface area contributed by atoms with Crippen molar-refractivity contribution in [2.45, 2.75) is 63.6 Å².